The Balaban J connectivity index is 3.61. The van der Waals surface area contributed by atoms with E-state index in [0.717, 1.165) is 6.07 Å². The minimum Gasteiger partial charge on any atom is -0.207 e. The number of hydrogen-bond donors (Lipinski definition) is 0. The highest BCUT2D eigenvalue weighted by atomic mass is 79.9. The molecule has 0 N–H and O–H groups in total. The van der Waals surface area contributed by atoms with Crippen molar-refractivity contribution in [2.24, 2.45) is 0 Å². The van der Waals surface area contributed by atoms with Gasteiger partial charge >= 0.3 is 0 Å². The third kappa shape index (κ3) is 2.23. The van der Waals surface area contributed by atoms with Crippen LogP contribution >= 0.6 is 26.6 Å². The van der Waals surface area contributed by atoms with Gasteiger partial charge in [-0.3, -0.25) is 0 Å². The quantitative estimate of drug-likeness (QED) is 0.748. The first-order valence-corrected chi connectivity index (χ1v) is 6.30. The molecule has 0 heterocycles. The van der Waals surface area contributed by atoms with Gasteiger partial charge in [-0.2, -0.15) is 5.26 Å². The van der Waals surface area contributed by atoms with Gasteiger partial charge in [0, 0.05) is 10.7 Å². The summed E-state index contributed by atoms with van der Waals surface area (Å²) in [6, 6.07) is 3.73. The predicted octanol–water partition coefficient (Wildman–Crippen LogP) is 2.39. The lowest BCUT2D eigenvalue weighted by molar-refractivity contribution is 0.571. The van der Waals surface area contributed by atoms with Gasteiger partial charge in [0.1, 0.15) is 4.90 Å². The maximum absolute atomic E-state index is 13.2. The molecule has 74 valence electrons. The predicted molar refractivity (Wildman–Crippen MR) is 51.9 cm³/mol. The van der Waals surface area contributed by atoms with Crippen molar-refractivity contribution in [2.45, 2.75) is 4.90 Å². The van der Waals surface area contributed by atoms with Crippen LogP contribution in [-0.4, -0.2) is 8.42 Å². The Bertz CT molecular complexity index is 523. The van der Waals surface area contributed by atoms with E-state index in [9.17, 15) is 12.8 Å². The molecule has 7 heteroatoms. The molecule has 0 aliphatic carbocycles. The summed E-state index contributed by atoms with van der Waals surface area (Å²) in [5.41, 5.74) is 0.0116. The van der Waals surface area contributed by atoms with Crippen LogP contribution in [-0.2, 0) is 9.05 Å². The maximum atomic E-state index is 13.2. The van der Waals surface area contributed by atoms with E-state index in [1.54, 1.807) is 6.07 Å². The molecule has 0 unspecified atom stereocenters. The lowest BCUT2D eigenvalue weighted by atomic mass is 10.2. The van der Waals surface area contributed by atoms with Crippen LogP contribution in [0.15, 0.2) is 21.5 Å². The summed E-state index contributed by atoms with van der Waals surface area (Å²) in [5.74, 6) is -1.00. The summed E-state index contributed by atoms with van der Waals surface area (Å²) in [6.45, 7) is 0. The molecule has 1 aromatic rings. The van der Waals surface area contributed by atoms with E-state index >= 15 is 0 Å². The fourth-order valence-electron chi connectivity index (χ4n) is 0.806. The Morgan fingerprint density at radius 3 is 2.50 bits per heavy atom. The van der Waals surface area contributed by atoms with Crippen LogP contribution < -0.4 is 0 Å². The molecule has 1 aromatic carbocycles. The van der Waals surface area contributed by atoms with Gasteiger partial charge in [0.15, 0.2) is 5.82 Å². The van der Waals surface area contributed by atoms with E-state index in [-0.39, 0.29) is 10.0 Å². The molecule has 3 nitrogen and oxygen atoms in total. The Morgan fingerprint density at radius 1 is 1.50 bits per heavy atom. The molecule has 0 saturated carbocycles. The van der Waals surface area contributed by atoms with E-state index < -0.39 is 19.8 Å². The van der Waals surface area contributed by atoms with Crippen LogP contribution in [0, 0.1) is 17.1 Å². The second kappa shape index (κ2) is 3.85. The van der Waals surface area contributed by atoms with Crippen molar-refractivity contribution in [3.63, 3.8) is 0 Å². The first-order valence-electron chi connectivity index (χ1n) is 3.20. The smallest absolute Gasteiger partial charge is 0.207 e. The van der Waals surface area contributed by atoms with Crippen molar-refractivity contribution < 1.29 is 12.8 Å². The first kappa shape index (κ1) is 11.4. The zero-order chi connectivity index (χ0) is 10.9. The van der Waals surface area contributed by atoms with Gasteiger partial charge in [-0.05, 0) is 28.1 Å². The average molecular weight is 299 g/mol. The van der Waals surface area contributed by atoms with E-state index in [1.807, 2.05) is 0 Å². The molecule has 0 bridgehead atoms. The number of halogens is 3. The summed E-state index contributed by atoms with van der Waals surface area (Å²) < 4.78 is 34.8. The zero-order valence-electron chi connectivity index (χ0n) is 6.46. The molecular formula is C7H2BrClFNO2S. The number of nitrogens with zero attached hydrogens (tertiary/aromatic N) is 1. The SMILES string of the molecule is N#Cc1cc(Br)c(F)c(S(=O)(=O)Cl)c1. The lowest BCUT2D eigenvalue weighted by Crippen LogP contribution is -1.97. The molecule has 0 fully saturated rings. The fourth-order valence-corrected chi connectivity index (χ4v) is 2.33. The van der Waals surface area contributed by atoms with E-state index in [0.29, 0.717) is 0 Å². The van der Waals surface area contributed by atoms with Crippen molar-refractivity contribution in [3.05, 3.63) is 28.0 Å². The lowest BCUT2D eigenvalue weighted by Gasteiger charge is -2.01. The maximum Gasteiger partial charge on any atom is 0.264 e. The van der Waals surface area contributed by atoms with Gasteiger partial charge in [0.25, 0.3) is 9.05 Å². The van der Waals surface area contributed by atoms with Crippen molar-refractivity contribution in [2.75, 3.05) is 0 Å². The van der Waals surface area contributed by atoms with Gasteiger partial charge in [-0.25, -0.2) is 12.8 Å². The van der Waals surface area contributed by atoms with E-state index in [2.05, 4.69) is 15.9 Å². The van der Waals surface area contributed by atoms with Crippen molar-refractivity contribution in [1.29, 1.82) is 5.26 Å². The minimum absolute atomic E-state index is 0.0116. The second-order valence-corrected chi connectivity index (χ2v) is 5.71. The highest BCUT2D eigenvalue weighted by molar-refractivity contribution is 9.10. The summed E-state index contributed by atoms with van der Waals surface area (Å²) in [5, 5.41) is 8.51. The molecule has 0 atom stereocenters. The molecule has 0 aliphatic heterocycles. The summed E-state index contributed by atoms with van der Waals surface area (Å²) in [4.78, 5) is -0.704. The van der Waals surface area contributed by atoms with Gasteiger partial charge < -0.3 is 0 Å². The van der Waals surface area contributed by atoms with Crippen LogP contribution in [0.3, 0.4) is 0 Å². The van der Waals surface area contributed by atoms with Crippen molar-refractivity contribution in [1.82, 2.24) is 0 Å². The van der Waals surface area contributed by atoms with Crippen LogP contribution in [0.4, 0.5) is 4.39 Å². The Labute approximate surface area is 92.7 Å². The molecule has 0 aliphatic rings. The summed E-state index contributed by atoms with van der Waals surface area (Å²) in [6.07, 6.45) is 0. The third-order valence-corrected chi connectivity index (χ3v) is 3.28. The molecule has 14 heavy (non-hydrogen) atoms. The Hall–Kier alpha value is -0.640. The highest BCUT2D eigenvalue weighted by Crippen LogP contribution is 2.26. The number of hydrogen-bond acceptors (Lipinski definition) is 3. The van der Waals surface area contributed by atoms with Crippen LogP contribution in [0.5, 0.6) is 0 Å². The zero-order valence-corrected chi connectivity index (χ0v) is 9.62. The molecule has 0 aromatic heterocycles. The second-order valence-electron chi connectivity index (χ2n) is 2.32. The number of benzene rings is 1. The largest absolute Gasteiger partial charge is 0.264 e. The van der Waals surface area contributed by atoms with Gasteiger partial charge in [-0.1, -0.05) is 0 Å². The Morgan fingerprint density at radius 2 is 2.07 bits per heavy atom. The monoisotopic (exact) mass is 297 g/mol. The molecule has 0 radical (unpaired) electrons. The summed E-state index contributed by atoms with van der Waals surface area (Å²) >= 11 is 2.78. The molecular weight excluding hydrogens is 297 g/mol. The fraction of sp³-hybridized carbons (Fsp3) is 0. The normalized spacial score (nSPS) is 11.0. The van der Waals surface area contributed by atoms with Crippen LogP contribution in [0.25, 0.3) is 0 Å². The first-order chi connectivity index (χ1) is 6.36. The van der Waals surface area contributed by atoms with E-state index in [4.69, 9.17) is 15.9 Å². The number of rotatable bonds is 1. The number of nitriles is 1. The van der Waals surface area contributed by atoms with Crippen molar-refractivity contribution in [3.8, 4) is 6.07 Å². The molecule has 0 spiro atoms. The van der Waals surface area contributed by atoms with E-state index in [1.165, 1.54) is 6.07 Å². The third-order valence-electron chi connectivity index (χ3n) is 1.39. The summed E-state index contributed by atoms with van der Waals surface area (Å²) in [7, 11) is 0.794. The van der Waals surface area contributed by atoms with Gasteiger partial charge in [0.05, 0.1) is 16.1 Å². The van der Waals surface area contributed by atoms with Crippen LogP contribution in [0.2, 0.25) is 0 Å². The Kier molecular flexibility index (Phi) is 3.14. The van der Waals surface area contributed by atoms with Crippen molar-refractivity contribution >= 4 is 35.7 Å². The topological polar surface area (TPSA) is 57.9 Å². The highest BCUT2D eigenvalue weighted by Gasteiger charge is 2.19. The molecule has 0 saturated heterocycles. The molecule has 1 rings (SSSR count). The average Bonchev–Trinajstić information content (AvgIpc) is 2.07. The van der Waals surface area contributed by atoms with Gasteiger partial charge in [-0.15, -0.1) is 0 Å². The standard InChI is InChI=1S/C7H2BrClFNO2S/c8-5-1-4(3-11)2-6(7(5)10)14(9,12)13/h1-2H. The van der Waals surface area contributed by atoms with Gasteiger partial charge in [0.2, 0.25) is 0 Å². The minimum atomic E-state index is -4.17. The molecule has 0 amide bonds. The van der Waals surface area contributed by atoms with Crippen LogP contribution in [0.1, 0.15) is 5.56 Å².